The predicted octanol–water partition coefficient (Wildman–Crippen LogP) is 2.24. The molecule has 0 heterocycles. The molecule has 1 aromatic carbocycles. The van der Waals surface area contributed by atoms with E-state index in [0.717, 1.165) is 6.07 Å². The number of nitrogens with one attached hydrogen (secondary N) is 1. The van der Waals surface area contributed by atoms with Crippen LogP contribution in [0.3, 0.4) is 0 Å². The number of nitrogens with zero attached hydrogens (tertiary/aromatic N) is 1. The SMILES string of the molecule is CC(C#N)S(=O)(=O)Nc1c(F)cccc1Br. The van der Waals surface area contributed by atoms with Crippen LogP contribution in [0.15, 0.2) is 22.7 Å². The third-order valence-corrected chi connectivity index (χ3v) is 4.04. The monoisotopic (exact) mass is 306 g/mol. The van der Waals surface area contributed by atoms with Crippen LogP contribution in [0, 0.1) is 17.1 Å². The van der Waals surface area contributed by atoms with Crippen LogP contribution in [-0.2, 0) is 10.0 Å². The Hall–Kier alpha value is -1.13. The summed E-state index contributed by atoms with van der Waals surface area (Å²) in [6, 6.07) is 5.63. The Morgan fingerprint density at radius 3 is 2.69 bits per heavy atom. The zero-order chi connectivity index (χ0) is 12.3. The van der Waals surface area contributed by atoms with Gasteiger partial charge in [-0.15, -0.1) is 0 Å². The van der Waals surface area contributed by atoms with Crippen molar-refractivity contribution in [3.8, 4) is 6.07 Å². The summed E-state index contributed by atoms with van der Waals surface area (Å²) in [5.74, 6) is -0.705. The third-order valence-electron chi connectivity index (χ3n) is 1.85. The highest BCUT2D eigenvalue weighted by Crippen LogP contribution is 2.26. The average molecular weight is 307 g/mol. The minimum absolute atomic E-state index is 0.190. The molecule has 1 N–H and O–H groups in total. The molecule has 0 bridgehead atoms. The van der Waals surface area contributed by atoms with Gasteiger partial charge in [-0.2, -0.15) is 5.26 Å². The van der Waals surface area contributed by atoms with Gasteiger partial charge in [0, 0.05) is 4.47 Å². The number of hydrogen-bond donors (Lipinski definition) is 1. The first kappa shape index (κ1) is 12.9. The Labute approximate surface area is 101 Å². The zero-order valence-electron chi connectivity index (χ0n) is 8.24. The Kier molecular flexibility index (Phi) is 3.88. The fourth-order valence-corrected chi connectivity index (χ4v) is 2.28. The molecule has 0 aliphatic heterocycles. The molecule has 0 spiro atoms. The minimum atomic E-state index is -3.89. The van der Waals surface area contributed by atoms with Crippen molar-refractivity contribution in [1.82, 2.24) is 0 Å². The summed E-state index contributed by atoms with van der Waals surface area (Å²) in [6.07, 6.45) is 0. The van der Waals surface area contributed by atoms with Crippen molar-refractivity contribution in [2.24, 2.45) is 0 Å². The second-order valence-electron chi connectivity index (χ2n) is 3.02. The van der Waals surface area contributed by atoms with Gasteiger partial charge in [0.15, 0.2) is 5.25 Å². The first-order chi connectivity index (χ1) is 7.38. The molecule has 0 radical (unpaired) electrons. The van der Waals surface area contributed by atoms with Gasteiger partial charge in [-0.05, 0) is 35.0 Å². The summed E-state index contributed by atoms with van der Waals surface area (Å²) in [5.41, 5.74) is -0.190. The molecule has 7 heteroatoms. The van der Waals surface area contributed by atoms with Gasteiger partial charge in [0.25, 0.3) is 0 Å². The molecule has 86 valence electrons. The van der Waals surface area contributed by atoms with E-state index in [0.29, 0.717) is 0 Å². The predicted molar refractivity (Wildman–Crippen MR) is 61.7 cm³/mol. The molecule has 0 saturated heterocycles. The molecule has 1 rings (SSSR count). The highest BCUT2D eigenvalue weighted by Gasteiger charge is 2.22. The summed E-state index contributed by atoms with van der Waals surface area (Å²) in [7, 11) is -3.89. The van der Waals surface area contributed by atoms with Crippen molar-refractivity contribution < 1.29 is 12.8 Å². The van der Waals surface area contributed by atoms with Crippen molar-refractivity contribution in [1.29, 1.82) is 5.26 Å². The maximum absolute atomic E-state index is 13.3. The molecule has 4 nitrogen and oxygen atoms in total. The number of sulfonamides is 1. The molecule has 0 aromatic heterocycles. The minimum Gasteiger partial charge on any atom is -0.278 e. The molecule has 16 heavy (non-hydrogen) atoms. The van der Waals surface area contributed by atoms with Crippen LogP contribution in [0.5, 0.6) is 0 Å². The summed E-state index contributed by atoms with van der Waals surface area (Å²) < 4.78 is 38.6. The zero-order valence-corrected chi connectivity index (χ0v) is 10.6. The van der Waals surface area contributed by atoms with Crippen LogP contribution >= 0.6 is 15.9 Å². The van der Waals surface area contributed by atoms with E-state index in [4.69, 9.17) is 5.26 Å². The fourth-order valence-electron chi connectivity index (χ4n) is 0.895. The number of para-hydroxylation sites is 1. The summed E-state index contributed by atoms with van der Waals surface area (Å²) >= 11 is 3.02. The standard InChI is InChI=1S/C9H8BrFN2O2S/c1-6(5-12)16(14,15)13-9-7(10)3-2-4-8(9)11/h2-4,6,13H,1H3. The number of hydrogen-bond acceptors (Lipinski definition) is 3. The van der Waals surface area contributed by atoms with Crippen molar-refractivity contribution in [3.05, 3.63) is 28.5 Å². The van der Waals surface area contributed by atoms with Crippen LogP contribution in [0.1, 0.15) is 6.92 Å². The number of anilines is 1. The number of benzene rings is 1. The van der Waals surface area contributed by atoms with E-state index in [2.05, 4.69) is 15.9 Å². The van der Waals surface area contributed by atoms with Gasteiger partial charge in [0.05, 0.1) is 11.8 Å². The molecule has 1 atom stereocenters. The van der Waals surface area contributed by atoms with Crippen LogP contribution in [0.25, 0.3) is 0 Å². The lowest BCUT2D eigenvalue weighted by Gasteiger charge is -2.11. The maximum Gasteiger partial charge on any atom is 0.248 e. The molecule has 0 aliphatic carbocycles. The Morgan fingerprint density at radius 1 is 1.56 bits per heavy atom. The molecule has 0 fully saturated rings. The van der Waals surface area contributed by atoms with Crippen molar-refractivity contribution in [2.75, 3.05) is 4.72 Å². The van der Waals surface area contributed by atoms with Gasteiger partial charge >= 0.3 is 0 Å². The summed E-state index contributed by atoms with van der Waals surface area (Å²) in [4.78, 5) is 0. The van der Waals surface area contributed by atoms with E-state index in [1.54, 1.807) is 6.07 Å². The molecular formula is C9H8BrFN2O2S. The van der Waals surface area contributed by atoms with E-state index >= 15 is 0 Å². The summed E-state index contributed by atoms with van der Waals surface area (Å²) in [6.45, 7) is 1.22. The molecular weight excluding hydrogens is 299 g/mol. The molecule has 0 aliphatic rings. The second-order valence-corrected chi connectivity index (χ2v) is 5.87. The van der Waals surface area contributed by atoms with Crippen molar-refractivity contribution in [2.45, 2.75) is 12.2 Å². The first-order valence-electron chi connectivity index (χ1n) is 4.23. The number of nitriles is 1. The van der Waals surface area contributed by atoms with Gasteiger partial charge in [-0.25, -0.2) is 12.8 Å². The lowest BCUT2D eigenvalue weighted by atomic mass is 10.3. The Balaban J connectivity index is 3.12. The lowest BCUT2D eigenvalue weighted by molar-refractivity contribution is 0.594. The first-order valence-corrected chi connectivity index (χ1v) is 6.57. The van der Waals surface area contributed by atoms with E-state index < -0.39 is 21.1 Å². The number of halogens is 2. The second kappa shape index (κ2) is 4.80. The van der Waals surface area contributed by atoms with E-state index in [1.165, 1.54) is 19.1 Å². The van der Waals surface area contributed by atoms with Crippen molar-refractivity contribution in [3.63, 3.8) is 0 Å². The normalized spacial score (nSPS) is 12.9. The lowest BCUT2D eigenvalue weighted by Crippen LogP contribution is -2.24. The van der Waals surface area contributed by atoms with Gasteiger partial charge in [0.1, 0.15) is 5.82 Å². The fraction of sp³-hybridized carbons (Fsp3) is 0.222. The van der Waals surface area contributed by atoms with E-state index in [9.17, 15) is 12.8 Å². The third kappa shape index (κ3) is 2.71. The maximum atomic E-state index is 13.3. The highest BCUT2D eigenvalue weighted by atomic mass is 79.9. The molecule has 0 saturated carbocycles. The topological polar surface area (TPSA) is 70.0 Å². The van der Waals surface area contributed by atoms with Gasteiger partial charge in [-0.1, -0.05) is 6.07 Å². The average Bonchev–Trinajstić information content (AvgIpc) is 2.22. The molecule has 1 aromatic rings. The van der Waals surface area contributed by atoms with Crippen LogP contribution in [0.2, 0.25) is 0 Å². The molecule has 0 amide bonds. The molecule has 1 unspecified atom stereocenters. The Morgan fingerprint density at radius 2 is 2.19 bits per heavy atom. The van der Waals surface area contributed by atoms with Gasteiger partial charge in [0.2, 0.25) is 10.0 Å². The highest BCUT2D eigenvalue weighted by molar-refractivity contribution is 9.10. The van der Waals surface area contributed by atoms with Crippen molar-refractivity contribution >= 4 is 31.6 Å². The largest absolute Gasteiger partial charge is 0.278 e. The van der Waals surface area contributed by atoms with Gasteiger partial charge < -0.3 is 0 Å². The van der Waals surface area contributed by atoms with Gasteiger partial charge in [-0.3, -0.25) is 4.72 Å². The summed E-state index contributed by atoms with van der Waals surface area (Å²) in [5, 5.41) is 7.26. The number of rotatable bonds is 3. The quantitative estimate of drug-likeness (QED) is 0.931. The van der Waals surface area contributed by atoms with Crippen LogP contribution in [-0.4, -0.2) is 13.7 Å². The van der Waals surface area contributed by atoms with Crippen LogP contribution in [0.4, 0.5) is 10.1 Å². The Bertz CT molecular complexity index is 519. The van der Waals surface area contributed by atoms with E-state index in [-0.39, 0.29) is 10.2 Å². The van der Waals surface area contributed by atoms with Crippen LogP contribution < -0.4 is 4.72 Å². The smallest absolute Gasteiger partial charge is 0.248 e. The van der Waals surface area contributed by atoms with E-state index in [1.807, 2.05) is 4.72 Å².